The van der Waals surface area contributed by atoms with E-state index in [1.807, 2.05) is 18.1 Å². The minimum atomic E-state index is -0.136. The van der Waals surface area contributed by atoms with Crippen LogP contribution in [0.4, 0.5) is 5.69 Å². The number of rotatable bonds is 1. The fourth-order valence-corrected chi connectivity index (χ4v) is 3.36. The molecule has 0 saturated carbocycles. The first kappa shape index (κ1) is 11.7. The molecule has 0 aromatic carbocycles. The minimum Gasteiger partial charge on any atom is -0.309 e. The molecule has 0 N–H and O–H groups in total. The second-order valence-electron chi connectivity index (χ2n) is 5.70. The van der Waals surface area contributed by atoms with Crippen LogP contribution in [0, 0.1) is 5.41 Å². The van der Waals surface area contributed by atoms with Crippen LogP contribution in [-0.2, 0) is 11.8 Å². The molecule has 1 aromatic heterocycles. The number of nitrogens with zero attached hydrogens (tertiary/aromatic N) is 4. The molecule has 5 nitrogen and oxygen atoms in total. The highest BCUT2D eigenvalue weighted by Gasteiger charge is 2.48. The highest BCUT2D eigenvalue weighted by atomic mass is 16.2. The maximum absolute atomic E-state index is 12.7. The van der Waals surface area contributed by atoms with E-state index in [4.69, 9.17) is 0 Å². The Labute approximate surface area is 107 Å². The molecule has 0 unspecified atom stereocenters. The SMILES string of the molecule is CN1CCC[C@]2(CCN(c3cnn(C)c3)C2=O)C1. The Morgan fingerprint density at radius 2 is 2.11 bits per heavy atom. The van der Waals surface area contributed by atoms with Gasteiger partial charge in [-0.1, -0.05) is 0 Å². The van der Waals surface area contributed by atoms with Gasteiger partial charge in [0.05, 0.1) is 17.3 Å². The molecular weight excluding hydrogens is 228 g/mol. The van der Waals surface area contributed by atoms with E-state index in [0.29, 0.717) is 5.91 Å². The molecule has 1 spiro atoms. The largest absolute Gasteiger partial charge is 0.309 e. The monoisotopic (exact) mass is 248 g/mol. The van der Waals surface area contributed by atoms with Crippen molar-refractivity contribution in [2.24, 2.45) is 12.5 Å². The number of aryl methyl sites for hydroxylation is 1. The quantitative estimate of drug-likeness (QED) is 0.740. The Kier molecular flexibility index (Phi) is 2.66. The van der Waals surface area contributed by atoms with Crippen molar-refractivity contribution in [3.8, 4) is 0 Å². The van der Waals surface area contributed by atoms with Gasteiger partial charge < -0.3 is 9.80 Å². The molecule has 0 radical (unpaired) electrons. The third-order valence-electron chi connectivity index (χ3n) is 4.28. The zero-order chi connectivity index (χ0) is 12.8. The van der Waals surface area contributed by atoms with E-state index in [9.17, 15) is 4.79 Å². The topological polar surface area (TPSA) is 41.4 Å². The maximum Gasteiger partial charge on any atom is 0.234 e. The van der Waals surface area contributed by atoms with E-state index in [1.165, 1.54) is 0 Å². The number of aromatic nitrogens is 2. The molecule has 3 rings (SSSR count). The van der Waals surface area contributed by atoms with Crippen LogP contribution in [0.25, 0.3) is 0 Å². The van der Waals surface area contributed by atoms with Crippen LogP contribution in [0.1, 0.15) is 19.3 Å². The average molecular weight is 248 g/mol. The lowest BCUT2D eigenvalue weighted by Crippen LogP contribution is -2.46. The molecule has 0 bridgehead atoms. The summed E-state index contributed by atoms with van der Waals surface area (Å²) in [6.07, 6.45) is 6.84. The summed E-state index contributed by atoms with van der Waals surface area (Å²) >= 11 is 0. The van der Waals surface area contributed by atoms with Crippen LogP contribution in [-0.4, -0.2) is 47.3 Å². The number of hydrogen-bond acceptors (Lipinski definition) is 3. The van der Waals surface area contributed by atoms with Crippen molar-refractivity contribution in [2.75, 3.05) is 31.6 Å². The first-order valence-electron chi connectivity index (χ1n) is 6.60. The standard InChI is InChI=1S/C13H20N4O/c1-15-6-3-4-13(10-15)5-7-17(12(13)18)11-8-14-16(2)9-11/h8-9H,3-7,10H2,1-2H3/t13-/m0/s1. The first-order valence-corrected chi connectivity index (χ1v) is 6.60. The highest BCUT2D eigenvalue weighted by Crippen LogP contribution is 2.41. The summed E-state index contributed by atoms with van der Waals surface area (Å²) in [4.78, 5) is 16.9. The number of anilines is 1. The molecule has 98 valence electrons. The molecule has 2 aliphatic heterocycles. The molecule has 1 amide bonds. The predicted octanol–water partition coefficient (Wildman–Crippen LogP) is 0.869. The van der Waals surface area contributed by atoms with Gasteiger partial charge in [0, 0.05) is 26.3 Å². The van der Waals surface area contributed by atoms with Crippen molar-refractivity contribution < 1.29 is 4.79 Å². The summed E-state index contributed by atoms with van der Waals surface area (Å²) < 4.78 is 1.75. The number of amides is 1. The summed E-state index contributed by atoms with van der Waals surface area (Å²) in [7, 11) is 4.00. The lowest BCUT2D eigenvalue weighted by Gasteiger charge is -2.36. The van der Waals surface area contributed by atoms with Gasteiger partial charge in [-0.05, 0) is 32.9 Å². The van der Waals surface area contributed by atoms with Crippen LogP contribution in [0.3, 0.4) is 0 Å². The molecule has 1 atom stereocenters. The van der Waals surface area contributed by atoms with Gasteiger partial charge in [-0.15, -0.1) is 0 Å². The van der Waals surface area contributed by atoms with Gasteiger partial charge in [0.25, 0.3) is 0 Å². The number of hydrogen-bond donors (Lipinski definition) is 0. The lowest BCUT2D eigenvalue weighted by atomic mass is 9.78. The normalized spacial score (nSPS) is 29.4. The van der Waals surface area contributed by atoms with E-state index < -0.39 is 0 Å². The highest BCUT2D eigenvalue weighted by molar-refractivity contribution is 5.99. The molecule has 2 aliphatic rings. The summed E-state index contributed by atoms with van der Waals surface area (Å²) in [5.74, 6) is 0.294. The van der Waals surface area contributed by atoms with E-state index in [0.717, 1.165) is 44.6 Å². The molecule has 18 heavy (non-hydrogen) atoms. The average Bonchev–Trinajstić information content (AvgIpc) is 2.86. The summed E-state index contributed by atoms with van der Waals surface area (Å²) in [6.45, 7) is 2.85. The van der Waals surface area contributed by atoms with Gasteiger partial charge in [0.15, 0.2) is 0 Å². The number of carbonyl (C=O) groups excluding carboxylic acids is 1. The third-order valence-corrected chi connectivity index (χ3v) is 4.28. The molecule has 5 heteroatoms. The van der Waals surface area contributed by atoms with Crippen LogP contribution in [0.2, 0.25) is 0 Å². The van der Waals surface area contributed by atoms with Crippen LogP contribution < -0.4 is 4.90 Å². The number of carbonyl (C=O) groups is 1. The van der Waals surface area contributed by atoms with Gasteiger partial charge in [-0.3, -0.25) is 9.48 Å². The van der Waals surface area contributed by atoms with Crippen molar-refractivity contribution >= 4 is 11.6 Å². The second kappa shape index (κ2) is 4.09. The third kappa shape index (κ3) is 1.73. The smallest absolute Gasteiger partial charge is 0.234 e. The van der Waals surface area contributed by atoms with Crippen molar-refractivity contribution in [1.82, 2.24) is 14.7 Å². The molecule has 2 saturated heterocycles. The van der Waals surface area contributed by atoms with Crippen molar-refractivity contribution in [2.45, 2.75) is 19.3 Å². The second-order valence-corrected chi connectivity index (χ2v) is 5.70. The van der Waals surface area contributed by atoms with Crippen LogP contribution >= 0.6 is 0 Å². The number of likely N-dealkylation sites (tertiary alicyclic amines) is 1. The van der Waals surface area contributed by atoms with Crippen molar-refractivity contribution in [3.63, 3.8) is 0 Å². The zero-order valence-electron chi connectivity index (χ0n) is 11.1. The maximum atomic E-state index is 12.7. The van der Waals surface area contributed by atoms with Crippen LogP contribution in [0.15, 0.2) is 12.4 Å². The van der Waals surface area contributed by atoms with E-state index in [1.54, 1.807) is 10.9 Å². The van der Waals surface area contributed by atoms with Gasteiger partial charge in [-0.25, -0.2) is 0 Å². The fourth-order valence-electron chi connectivity index (χ4n) is 3.36. The first-order chi connectivity index (χ1) is 8.61. The van der Waals surface area contributed by atoms with Gasteiger partial charge >= 0.3 is 0 Å². The Hall–Kier alpha value is -1.36. The Morgan fingerprint density at radius 1 is 1.28 bits per heavy atom. The van der Waals surface area contributed by atoms with Crippen LogP contribution in [0.5, 0.6) is 0 Å². The Bertz CT molecular complexity index is 469. The molecule has 3 heterocycles. The Morgan fingerprint density at radius 3 is 2.78 bits per heavy atom. The summed E-state index contributed by atoms with van der Waals surface area (Å²) in [6, 6.07) is 0. The van der Waals surface area contributed by atoms with Gasteiger partial charge in [0.2, 0.25) is 5.91 Å². The van der Waals surface area contributed by atoms with E-state index in [-0.39, 0.29) is 5.41 Å². The molecular formula is C13H20N4O. The van der Waals surface area contributed by atoms with E-state index in [2.05, 4.69) is 17.0 Å². The minimum absolute atomic E-state index is 0.136. The molecule has 1 aromatic rings. The Balaban J connectivity index is 1.84. The summed E-state index contributed by atoms with van der Waals surface area (Å²) in [5, 5.41) is 4.16. The van der Waals surface area contributed by atoms with Crippen molar-refractivity contribution in [1.29, 1.82) is 0 Å². The number of piperidine rings is 1. The zero-order valence-corrected chi connectivity index (χ0v) is 11.1. The van der Waals surface area contributed by atoms with Crippen molar-refractivity contribution in [3.05, 3.63) is 12.4 Å². The summed E-state index contributed by atoms with van der Waals surface area (Å²) in [5.41, 5.74) is 0.802. The molecule has 0 aliphatic carbocycles. The predicted molar refractivity (Wildman–Crippen MR) is 69.3 cm³/mol. The van der Waals surface area contributed by atoms with Gasteiger partial charge in [0.1, 0.15) is 0 Å². The molecule has 2 fully saturated rings. The lowest BCUT2D eigenvalue weighted by molar-refractivity contribution is -0.128. The van der Waals surface area contributed by atoms with E-state index >= 15 is 0 Å². The van der Waals surface area contributed by atoms with Gasteiger partial charge in [-0.2, -0.15) is 5.10 Å². The fraction of sp³-hybridized carbons (Fsp3) is 0.692.